The molecule has 0 bridgehead atoms. The first-order valence-corrected chi connectivity index (χ1v) is 7.64. The Labute approximate surface area is 113 Å². The molecule has 1 aliphatic heterocycles. The molecule has 0 amide bonds. The zero-order valence-electron chi connectivity index (χ0n) is 10.7. The van der Waals surface area contributed by atoms with Crippen LogP contribution in [0.3, 0.4) is 0 Å². The molecule has 0 aromatic carbocycles. The third-order valence-corrected chi connectivity index (χ3v) is 4.24. The molecule has 18 heavy (non-hydrogen) atoms. The molecule has 1 fully saturated rings. The molecule has 0 saturated carbocycles. The number of thiophene rings is 1. The van der Waals surface area contributed by atoms with E-state index < -0.39 is 0 Å². The predicted octanol–water partition coefficient (Wildman–Crippen LogP) is 2.76. The molecule has 4 heteroatoms. The molecule has 1 aromatic rings. The normalized spacial score (nSPS) is 19.7. The number of hydrogen-bond donors (Lipinski definition) is 1. The Bertz CT molecular complexity index is 345. The molecule has 1 N–H and O–H groups in total. The van der Waals surface area contributed by atoms with Crippen LogP contribution in [0.25, 0.3) is 0 Å². The van der Waals surface area contributed by atoms with E-state index in [0.29, 0.717) is 19.1 Å². The van der Waals surface area contributed by atoms with Crippen LogP contribution in [-0.4, -0.2) is 25.2 Å². The van der Waals surface area contributed by atoms with Gasteiger partial charge >= 0.3 is 5.97 Å². The van der Waals surface area contributed by atoms with Gasteiger partial charge in [0.1, 0.15) is 0 Å². The largest absolute Gasteiger partial charge is 0.465 e. The number of piperidine rings is 1. The standard InChI is InChI=1S/C14H21NO2S/c16-14(7-6-12-4-1-2-9-15-12)17-10-8-13-5-3-11-18-13/h3,5,11-12,15H,1-2,4,6-10H2. The fourth-order valence-corrected chi connectivity index (χ4v) is 2.95. The number of hydrogen-bond acceptors (Lipinski definition) is 4. The lowest BCUT2D eigenvalue weighted by molar-refractivity contribution is -0.143. The van der Waals surface area contributed by atoms with E-state index >= 15 is 0 Å². The van der Waals surface area contributed by atoms with Gasteiger partial charge in [-0.05, 0) is 37.3 Å². The summed E-state index contributed by atoms with van der Waals surface area (Å²) in [4.78, 5) is 12.8. The molecule has 100 valence electrons. The lowest BCUT2D eigenvalue weighted by atomic mass is 10.0. The number of carbonyl (C=O) groups is 1. The van der Waals surface area contributed by atoms with Crippen molar-refractivity contribution in [1.29, 1.82) is 0 Å². The van der Waals surface area contributed by atoms with E-state index in [1.54, 1.807) is 11.3 Å². The molecular weight excluding hydrogens is 246 g/mol. The molecule has 0 radical (unpaired) electrons. The van der Waals surface area contributed by atoms with Crippen molar-refractivity contribution in [2.24, 2.45) is 0 Å². The summed E-state index contributed by atoms with van der Waals surface area (Å²) < 4.78 is 5.25. The van der Waals surface area contributed by atoms with Crippen LogP contribution >= 0.6 is 11.3 Å². The van der Waals surface area contributed by atoms with Crippen molar-refractivity contribution in [3.8, 4) is 0 Å². The van der Waals surface area contributed by atoms with Crippen molar-refractivity contribution in [2.75, 3.05) is 13.2 Å². The average molecular weight is 267 g/mol. The van der Waals surface area contributed by atoms with Gasteiger partial charge in [-0.1, -0.05) is 12.5 Å². The van der Waals surface area contributed by atoms with Crippen LogP contribution in [0.5, 0.6) is 0 Å². The summed E-state index contributed by atoms with van der Waals surface area (Å²) in [5, 5.41) is 5.49. The summed E-state index contributed by atoms with van der Waals surface area (Å²) >= 11 is 1.71. The van der Waals surface area contributed by atoms with E-state index in [4.69, 9.17) is 4.74 Å². The maximum absolute atomic E-state index is 11.6. The minimum absolute atomic E-state index is 0.0565. The van der Waals surface area contributed by atoms with Crippen molar-refractivity contribution in [2.45, 2.75) is 44.6 Å². The first kappa shape index (κ1) is 13.6. The molecule has 1 atom stereocenters. The van der Waals surface area contributed by atoms with Crippen LogP contribution in [0.1, 0.15) is 37.0 Å². The van der Waals surface area contributed by atoms with Crippen molar-refractivity contribution in [3.63, 3.8) is 0 Å². The second kappa shape index (κ2) is 7.54. The molecular formula is C14H21NO2S. The van der Waals surface area contributed by atoms with E-state index in [2.05, 4.69) is 11.4 Å². The highest BCUT2D eigenvalue weighted by molar-refractivity contribution is 7.09. The van der Waals surface area contributed by atoms with Crippen LogP contribution in [0.15, 0.2) is 17.5 Å². The van der Waals surface area contributed by atoms with Gasteiger partial charge in [0.15, 0.2) is 0 Å². The Morgan fingerprint density at radius 2 is 2.44 bits per heavy atom. The maximum Gasteiger partial charge on any atom is 0.305 e. The van der Waals surface area contributed by atoms with Crippen molar-refractivity contribution in [3.05, 3.63) is 22.4 Å². The average Bonchev–Trinajstić information content (AvgIpc) is 2.91. The van der Waals surface area contributed by atoms with Gasteiger partial charge in [-0.2, -0.15) is 0 Å². The Kier molecular flexibility index (Phi) is 5.68. The fraction of sp³-hybridized carbons (Fsp3) is 0.643. The quantitative estimate of drug-likeness (QED) is 0.805. The molecule has 1 unspecified atom stereocenters. The van der Waals surface area contributed by atoms with Gasteiger partial charge < -0.3 is 10.1 Å². The minimum atomic E-state index is -0.0565. The first-order valence-electron chi connectivity index (χ1n) is 6.76. The molecule has 1 saturated heterocycles. The monoisotopic (exact) mass is 267 g/mol. The molecule has 0 aliphatic carbocycles. The Morgan fingerprint density at radius 1 is 1.50 bits per heavy atom. The highest BCUT2D eigenvalue weighted by Gasteiger charge is 2.14. The third kappa shape index (κ3) is 4.78. The maximum atomic E-state index is 11.6. The van der Waals surface area contributed by atoms with Crippen LogP contribution in [0.2, 0.25) is 0 Å². The number of esters is 1. The highest BCUT2D eigenvalue weighted by Crippen LogP contribution is 2.12. The van der Waals surface area contributed by atoms with Gasteiger partial charge in [0, 0.05) is 23.8 Å². The minimum Gasteiger partial charge on any atom is -0.465 e. The summed E-state index contributed by atoms with van der Waals surface area (Å²) in [5.74, 6) is -0.0565. The van der Waals surface area contributed by atoms with Crippen molar-refractivity contribution < 1.29 is 9.53 Å². The van der Waals surface area contributed by atoms with E-state index in [0.717, 1.165) is 19.4 Å². The zero-order chi connectivity index (χ0) is 12.6. The van der Waals surface area contributed by atoms with Crippen LogP contribution in [0, 0.1) is 0 Å². The zero-order valence-corrected chi connectivity index (χ0v) is 11.5. The summed E-state index contributed by atoms with van der Waals surface area (Å²) in [6, 6.07) is 4.62. The summed E-state index contributed by atoms with van der Waals surface area (Å²) in [5.41, 5.74) is 0. The smallest absolute Gasteiger partial charge is 0.305 e. The highest BCUT2D eigenvalue weighted by atomic mass is 32.1. The number of rotatable bonds is 6. The Morgan fingerprint density at radius 3 is 3.17 bits per heavy atom. The molecule has 0 spiro atoms. The van der Waals surface area contributed by atoms with E-state index in [-0.39, 0.29) is 5.97 Å². The van der Waals surface area contributed by atoms with Gasteiger partial charge in [-0.15, -0.1) is 11.3 Å². The summed E-state index contributed by atoms with van der Waals surface area (Å²) in [6.45, 7) is 1.61. The van der Waals surface area contributed by atoms with Gasteiger partial charge in [0.2, 0.25) is 0 Å². The second-order valence-electron chi connectivity index (χ2n) is 4.74. The van der Waals surface area contributed by atoms with E-state index in [1.807, 2.05) is 11.4 Å². The van der Waals surface area contributed by atoms with Gasteiger partial charge in [0.25, 0.3) is 0 Å². The van der Waals surface area contributed by atoms with Crippen molar-refractivity contribution in [1.82, 2.24) is 5.32 Å². The fourth-order valence-electron chi connectivity index (χ4n) is 2.25. The van der Waals surface area contributed by atoms with E-state index in [1.165, 1.54) is 24.1 Å². The topological polar surface area (TPSA) is 38.3 Å². The van der Waals surface area contributed by atoms with Crippen molar-refractivity contribution >= 4 is 17.3 Å². The SMILES string of the molecule is O=C(CCC1CCCCN1)OCCc1cccs1. The lowest BCUT2D eigenvalue weighted by Crippen LogP contribution is -2.34. The first-order chi connectivity index (χ1) is 8.84. The van der Waals surface area contributed by atoms with E-state index in [9.17, 15) is 4.79 Å². The summed E-state index contributed by atoms with van der Waals surface area (Å²) in [7, 11) is 0. The van der Waals surface area contributed by atoms with Crippen LogP contribution in [-0.2, 0) is 16.0 Å². The summed E-state index contributed by atoms with van der Waals surface area (Å²) in [6.07, 6.45) is 6.04. The molecule has 1 aliphatic rings. The Balaban J connectivity index is 1.54. The molecule has 2 rings (SSSR count). The van der Waals surface area contributed by atoms with Gasteiger partial charge in [-0.25, -0.2) is 0 Å². The third-order valence-electron chi connectivity index (χ3n) is 3.30. The Hall–Kier alpha value is -0.870. The number of carbonyl (C=O) groups excluding carboxylic acids is 1. The molecule has 2 heterocycles. The van der Waals surface area contributed by atoms with Crippen LogP contribution < -0.4 is 5.32 Å². The second-order valence-corrected chi connectivity index (χ2v) is 5.77. The van der Waals surface area contributed by atoms with Gasteiger partial charge in [0.05, 0.1) is 6.61 Å². The number of nitrogens with one attached hydrogen (secondary N) is 1. The van der Waals surface area contributed by atoms with Crippen LogP contribution in [0.4, 0.5) is 0 Å². The lowest BCUT2D eigenvalue weighted by Gasteiger charge is -2.22. The predicted molar refractivity (Wildman–Crippen MR) is 73.9 cm³/mol. The van der Waals surface area contributed by atoms with Gasteiger partial charge in [-0.3, -0.25) is 4.79 Å². The number of ether oxygens (including phenoxy) is 1. The molecule has 3 nitrogen and oxygen atoms in total. The molecule has 1 aromatic heterocycles.